The molecule has 3 unspecified atom stereocenters. The molecular weight excluding hydrogens is 230 g/mol. The quantitative estimate of drug-likeness (QED) is 0.756. The molecule has 0 aromatic carbocycles. The number of piperidine rings is 1. The highest BCUT2D eigenvalue weighted by Gasteiger charge is 2.36. The van der Waals surface area contributed by atoms with E-state index in [2.05, 4.69) is 12.2 Å². The van der Waals surface area contributed by atoms with Crippen molar-refractivity contribution < 1.29 is 9.59 Å². The number of carbonyl (C=O) groups excluding carboxylic acids is 2. The molecule has 0 aromatic rings. The Labute approximate surface area is 108 Å². The molecule has 2 aliphatic rings. The summed E-state index contributed by atoms with van der Waals surface area (Å²) >= 11 is 0. The van der Waals surface area contributed by atoms with Gasteiger partial charge in [-0.25, -0.2) is 0 Å². The number of carbonyl (C=O) groups is 2. The zero-order valence-corrected chi connectivity index (χ0v) is 11.0. The van der Waals surface area contributed by atoms with Crippen molar-refractivity contribution in [3.8, 4) is 0 Å². The molecule has 102 valence electrons. The fourth-order valence-electron chi connectivity index (χ4n) is 3.02. The SMILES string of the molecule is CCC1CCN(C(=O)C2CCC(=O)N2)C(CN)C1. The van der Waals surface area contributed by atoms with Crippen molar-refractivity contribution in [2.24, 2.45) is 11.7 Å². The Morgan fingerprint density at radius 1 is 1.50 bits per heavy atom. The summed E-state index contributed by atoms with van der Waals surface area (Å²) in [5.74, 6) is 0.729. The van der Waals surface area contributed by atoms with Gasteiger partial charge in [0, 0.05) is 25.6 Å². The maximum Gasteiger partial charge on any atom is 0.245 e. The summed E-state index contributed by atoms with van der Waals surface area (Å²) in [5, 5.41) is 2.75. The molecule has 0 aliphatic carbocycles. The summed E-state index contributed by atoms with van der Waals surface area (Å²) in [5.41, 5.74) is 5.79. The fourth-order valence-corrected chi connectivity index (χ4v) is 3.02. The Morgan fingerprint density at radius 3 is 2.83 bits per heavy atom. The Balaban J connectivity index is 1.98. The summed E-state index contributed by atoms with van der Waals surface area (Å²) in [7, 11) is 0. The lowest BCUT2D eigenvalue weighted by Gasteiger charge is -2.40. The second-order valence-electron chi connectivity index (χ2n) is 5.38. The van der Waals surface area contributed by atoms with E-state index in [-0.39, 0.29) is 23.9 Å². The highest BCUT2D eigenvalue weighted by Crippen LogP contribution is 2.26. The van der Waals surface area contributed by atoms with Crippen LogP contribution in [0.25, 0.3) is 0 Å². The Kier molecular flexibility index (Phi) is 4.22. The number of likely N-dealkylation sites (tertiary alicyclic amines) is 1. The molecule has 3 N–H and O–H groups in total. The van der Waals surface area contributed by atoms with Crippen LogP contribution in [0.15, 0.2) is 0 Å². The molecule has 2 saturated heterocycles. The Morgan fingerprint density at radius 2 is 2.28 bits per heavy atom. The molecule has 18 heavy (non-hydrogen) atoms. The zero-order valence-electron chi connectivity index (χ0n) is 11.0. The maximum atomic E-state index is 12.4. The third kappa shape index (κ3) is 2.66. The smallest absolute Gasteiger partial charge is 0.245 e. The summed E-state index contributed by atoms with van der Waals surface area (Å²) in [4.78, 5) is 25.4. The molecule has 0 saturated carbocycles. The van der Waals surface area contributed by atoms with Crippen molar-refractivity contribution in [1.29, 1.82) is 0 Å². The summed E-state index contributed by atoms with van der Waals surface area (Å²) in [6.45, 7) is 3.49. The lowest BCUT2D eigenvalue weighted by molar-refractivity contribution is -0.138. The topological polar surface area (TPSA) is 75.4 Å². The van der Waals surface area contributed by atoms with Crippen LogP contribution in [0.4, 0.5) is 0 Å². The number of nitrogens with zero attached hydrogens (tertiary/aromatic N) is 1. The van der Waals surface area contributed by atoms with E-state index < -0.39 is 0 Å². The van der Waals surface area contributed by atoms with Gasteiger partial charge in [0.25, 0.3) is 0 Å². The van der Waals surface area contributed by atoms with Gasteiger partial charge in [-0.05, 0) is 25.2 Å². The van der Waals surface area contributed by atoms with Gasteiger partial charge in [0.05, 0.1) is 0 Å². The average molecular weight is 253 g/mol. The minimum atomic E-state index is -0.315. The standard InChI is InChI=1S/C13H23N3O2/c1-2-9-5-6-16(10(7-9)8-14)13(18)11-3-4-12(17)15-11/h9-11H,2-8,14H2,1H3,(H,15,17). The fraction of sp³-hybridized carbons (Fsp3) is 0.846. The zero-order chi connectivity index (χ0) is 13.1. The van der Waals surface area contributed by atoms with Gasteiger partial charge in [-0.2, -0.15) is 0 Å². The van der Waals surface area contributed by atoms with E-state index in [1.54, 1.807) is 0 Å². The van der Waals surface area contributed by atoms with Crippen LogP contribution in [0.3, 0.4) is 0 Å². The van der Waals surface area contributed by atoms with Gasteiger partial charge in [-0.15, -0.1) is 0 Å². The first-order valence-corrected chi connectivity index (χ1v) is 6.95. The molecule has 0 spiro atoms. The summed E-state index contributed by atoms with van der Waals surface area (Å²) in [6.07, 6.45) is 4.30. The van der Waals surface area contributed by atoms with Crippen molar-refractivity contribution in [1.82, 2.24) is 10.2 Å². The van der Waals surface area contributed by atoms with Gasteiger partial charge in [-0.3, -0.25) is 9.59 Å². The van der Waals surface area contributed by atoms with Crippen LogP contribution in [0.5, 0.6) is 0 Å². The highest BCUT2D eigenvalue weighted by molar-refractivity contribution is 5.91. The van der Waals surface area contributed by atoms with Gasteiger partial charge in [0.1, 0.15) is 6.04 Å². The van der Waals surface area contributed by atoms with Crippen molar-refractivity contribution in [3.63, 3.8) is 0 Å². The molecular formula is C13H23N3O2. The second-order valence-corrected chi connectivity index (χ2v) is 5.38. The lowest BCUT2D eigenvalue weighted by Crippen LogP contribution is -2.54. The highest BCUT2D eigenvalue weighted by atomic mass is 16.2. The molecule has 0 radical (unpaired) electrons. The normalized spacial score (nSPS) is 32.4. The van der Waals surface area contributed by atoms with E-state index in [1.807, 2.05) is 4.90 Å². The van der Waals surface area contributed by atoms with E-state index in [1.165, 1.54) is 0 Å². The molecule has 2 rings (SSSR count). The van der Waals surface area contributed by atoms with Crippen LogP contribution in [-0.2, 0) is 9.59 Å². The molecule has 0 bridgehead atoms. The number of nitrogens with one attached hydrogen (secondary N) is 1. The molecule has 3 atom stereocenters. The molecule has 2 heterocycles. The predicted octanol–water partition coefficient (Wildman–Crippen LogP) is 0.241. The van der Waals surface area contributed by atoms with Gasteiger partial charge < -0.3 is 16.0 Å². The number of nitrogens with two attached hydrogens (primary N) is 1. The first-order valence-electron chi connectivity index (χ1n) is 6.95. The van der Waals surface area contributed by atoms with E-state index in [0.29, 0.717) is 25.3 Å². The van der Waals surface area contributed by atoms with E-state index >= 15 is 0 Å². The van der Waals surface area contributed by atoms with Gasteiger partial charge in [0.15, 0.2) is 0 Å². The molecule has 2 aliphatic heterocycles. The van der Waals surface area contributed by atoms with Crippen molar-refractivity contribution in [3.05, 3.63) is 0 Å². The summed E-state index contributed by atoms with van der Waals surface area (Å²) in [6, 6.07) is -0.168. The first-order chi connectivity index (χ1) is 8.65. The maximum absolute atomic E-state index is 12.4. The van der Waals surface area contributed by atoms with Gasteiger partial charge in [-0.1, -0.05) is 13.3 Å². The largest absolute Gasteiger partial charge is 0.344 e. The minimum absolute atomic E-state index is 0.0129. The van der Waals surface area contributed by atoms with E-state index in [9.17, 15) is 9.59 Å². The predicted molar refractivity (Wildman–Crippen MR) is 68.7 cm³/mol. The minimum Gasteiger partial charge on any atom is -0.344 e. The van der Waals surface area contributed by atoms with Crippen LogP contribution < -0.4 is 11.1 Å². The first kappa shape index (κ1) is 13.3. The van der Waals surface area contributed by atoms with Crippen molar-refractivity contribution >= 4 is 11.8 Å². The van der Waals surface area contributed by atoms with Crippen molar-refractivity contribution in [2.75, 3.05) is 13.1 Å². The Hall–Kier alpha value is -1.10. The van der Waals surface area contributed by atoms with Crippen LogP contribution in [0, 0.1) is 5.92 Å². The average Bonchev–Trinajstić information content (AvgIpc) is 2.83. The third-order valence-electron chi connectivity index (χ3n) is 4.25. The number of rotatable bonds is 3. The van der Waals surface area contributed by atoms with Crippen LogP contribution >= 0.6 is 0 Å². The van der Waals surface area contributed by atoms with Crippen molar-refractivity contribution in [2.45, 2.75) is 51.1 Å². The van der Waals surface area contributed by atoms with E-state index in [4.69, 9.17) is 5.73 Å². The monoisotopic (exact) mass is 253 g/mol. The second kappa shape index (κ2) is 5.69. The molecule has 0 aromatic heterocycles. The van der Waals surface area contributed by atoms with Crippen LogP contribution in [0.2, 0.25) is 0 Å². The van der Waals surface area contributed by atoms with Gasteiger partial charge in [0.2, 0.25) is 11.8 Å². The number of hydrogen-bond donors (Lipinski definition) is 2. The molecule has 2 fully saturated rings. The molecule has 2 amide bonds. The molecule has 5 heteroatoms. The van der Waals surface area contributed by atoms with Gasteiger partial charge >= 0.3 is 0 Å². The number of hydrogen-bond acceptors (Lipinski definition) is 3. The summed E-state index contributed by atoms with van der Waals surface area (Å²) < 4.78 is 0. The van der Waals surface area contributed by atoms with E-state index in [0.717, 1.165) is 25.8 Å². The van der Waals surface area contributed by atoms with Crippen LogP contribution in [-0.4, -0.2) is 41.9 Å². The van der Waals surface area contributed by atoms with Crippen LogP contribution in [0.1, 0.15) is 39.0 Å². The Bertz CT molecular complexity index is 332. The number of amides is 2. The third-order valence-corrected chi connectivity index (χ3v) is 4.25. The lowest BCUT2D eigenvalue weighted by atomic mass is 9.88. The molecule has 5 nitrogen and oxygen atoms in total.